The largest absolute Gasteiger partial charge is 0.365 e. The first-order valence-corrected chi connectivity index (χ1v) is 7.27. The maximum absolute atomic E-state index is 13.9. The molecule has 0 aliphatic carbocycles. The molecule has 1 nitrogen and oxygen atoms in total. The van der Waals surface area contributed by atoms with Crippen molar-refractivity contribution in [3.63, 3.8) is 0 Å². The highest BCUT2D eigenvalue weighted by Gasteiger charge is 2.29. The van der Waals surface area contributed by atoms with Crippen molar-refractivity contribution < 1.29 is 9.13 Å². The molecule has 0 aromatic heterocycles. The van der Waals surface area contributed by atoms with Gasteiger partial charge in [0.05, 0.1) is 6.61 Å². The number of ether oxygens (including phenoxy) is 1. The van der Waals surface area contributed by atoms with Gasteiger partial charge in [0.15, 0.2) is 0 Å². The molecule has 0 radical (unpaired) electrons. The minimum atomic E-state index is -0.679. The average Bonchev–Trinajstić information content (AvgIpc) is 2.46. The molecule has 0 amide bonds. The minimum absolute atomic E-state index is 0.238. The zero-order chi connectivity index (χ0) is 13.7. The summed E-state index contributed by atoms with van der Waals surface area (Å²) in [5.74, 6) is -0.238. The standard InChI is InChI=1S/C16H16BrFO/c1-16(12-17,14-9-5-6-10-15(14)18)19-11-13-7-3-2-4-8-13/h2-10H,11-12H2,1H3. The van der Waals surface area contributed by atoms with E-state index in [4.69, 9.17) is 4.74 Å². The van der Waals surface area contributed by atoms with Crippen molar-refractivity contribution in [1.82, 2.24) is 0 Å². The lowest BCUT2D eigenvalue weighted by Crippen LogP contribution is -2.29. The van der Waals surface area contributed by atoms with Crippen LogP contribution in [0.15, 0.2) is 54.6 Å². The van der Waals surface area contributed by atoms with Crippen LogP contribution in [0.2, 0.25) is 0 Å². The summed E-state index contributed by atoms with van der Waals surface area (Å²) >= 11 is 3.42. The molecule has 0 bridgehead atoms. The third-order valence-corrected chi connectivity index (χ3v) is 4.17. The van der Waals surface area contributed by atoms with Gasteiger partial charge in [-0.15, -0.1) is 0 Å². The fraction of sp³-hybridized carbons (Fsp3) is 0.250. The molecule has 2 aromatic rings. The molecular formula is C16H16BrFO. The van der Waals surface area contributed by atoms with Gasteiger partial charge >= 0.3 is 0 Å². The number of hydrogen-bond donors (Lipinski definition) is 0. The number of alkyl halides is 1. The summed E-state index contributed by atoms with van der Waals surface area (Å²) in [4.78, 5) is 0. The van der Waals surface area contributed by atoms with Gasteiger partial charge in [0.25, 0.3) is 0 Å². The second-order valence-electron chi connectivity index (χ2n) is 4.62. The van der Waals surface area contributed by atoms with Crippen LogP contribution in [-0.4, -0.2) is 5.33 Å². The molecule has 3 heteroatoms. The Kier molecular flexibility index (Phi) is 4.72. The van der Waals surface area contributed by atoms with Gasteiger partial charge in [0, 0.05) is 10.9 Å². The van der Waals surface area contributed by atoms with E-state index in [0.29, 0.717) is 17.5 Å². The highest BCUT2D eigenvalue weighted by molar-refractivity contribution is 9.09. The van der Waals surface area contributed by atoms with Crippen LogP contribution in [0.3, 0.4) is 0 Å². The van der Waals surface area contributed by atoms with Gasteiger partial charge in [-0.25, -0.2) is 4.39 Å². The molecule has 2 aromatic carbocycles. The van der Waals surface area contributed by atoms with Crippen LogP contribution in [0.25, 0.3) is 0 Å². The maximum atomic E-state index is 13.9. The Bertz CT molecular complexity index is 529. The predicted molar refractivity (Wildman–Crippen MR) is 78.8 cm³/mol. The normalized spacial score (nSPS) is 14.1. The van der Waals surface area contributed by atoms with Gasteiger partial charge in [0.1, 0.15) is 11.4 Å². The molecule has 0 aliphatic heterocycles. The van der Waals surface area contributed by atoms with E-state index in [1.54, 1.807) is 12.1 Å². The fourth-order valence-electron chi connectivity index (χ4n) is 1.90. The van der Waals surface area contributed by atoms with E-state index in [0.717, 1.165) is 5.56 Å². The van der Waals surface area contributed by atoms with E-state index in [2.05, 4.69) is 15.9 Å². The summed E-state index contributed by atoms with van der Waals surface area (Å²) in [6.45, 7) is 2.35. The van der Waals surface area contributed by atoms with Gasteiger partial charge in [-0.1, -0.05) is 64.5 Å². The van der Waals surface area contributed by atoms with Crippen molar-refractivity contribution in [2.24, 2.45) is 0 Å². The van der Waals surface area contributed by atoms with Crippen molar-refractivity contribution in [2.45, 2.75) is 19.1 Å². The van der Waals surface area contributed by atoms with Crippen molar-refractivity contribution in [3.05, 3.63) is 71.5 Å². The molecule has 19 heavy (non-hydrogen) atoms. The van der Waals surface area contributed by atoms with Crippen molar-refractivity contribution in [2.75, 3.05) is 5.33 Å². The van der Waals surface area contributed by atoms with Crippen LogP contribution in [0.1, 0.15) is 18.1 Å². The maximum Gasteiger partial charge on any atom is 0.129 e. The lowest BCUT2D eigenvalue weighted by Gasteiger charge is -2.29. The van der Waals surface area contributed by atoms with Crippen molar-refractivity contribution >= 4 is 15.9 Å². The number of halogens is 2. The summed E-state index contributed by atoms with van der Waals surface area (Å²) in [6, 6.07) is 16.6. The SMILES string of the molecule is CC(CBr)(OCc1ccccc1)c1ccccc1F. The summed E-state index contributed by atoms with van der Waals surface area (Å²) < 4.78 is 19.8. The predicted octanol–water partition coefficient (Wildman–Crippen LogP) is 4.65. The smallest absolute Gasteiger partial charge is 0.129 e. The topological polar surface area (TPSA) is 9.23 Å². The zero-order valence-electron chi connectivity index (χ0n) is 10.8. The highest BCUT2D eigenvalue weighted by Crippen LogP contribution is 2.30. The van der Waals surface area contributed by atoms with Gasteiger partial charge in [0.2, 0.25) is 0 Å². The molecule has 100 valence electrons. The molecule has 0 saturated carbocycles. The van der Waals surface area contributed by atoms with Crippen LogP contribution in [0.5, 0.6) is 0 Å². The first-order valence-electron chi connectivity index (χ1n) is 6.14. The van der Waals surface area contributed by atoms with Gasteiger partial charge in [-0.3, -0.25) is 0 Å². The second-order valence-corrected chi connectivity index (χ2v) is 5.18. The summed E-state index contributed by atoms with van der Waals surface area (Å²) in [5, 5.41) is 0.535. The molecule has 0 spiro atoms. The van der Waals surface area contributed by atoms with Gasteiger partial charge in [-0.2, -0.15) is 0 Å². The highest BCUT2D eigenvalue weighted by atomic mass is 79.9. The first-order chi connectivity index (χ1) is 9.15. The summed E-state index contributed by atoms with van der Waals surface area (Å²) in [6.07, 6.45) is 0. The van der Waals surface area contributed by atoms with E-state index >= 15 is 0 Å². The van der Waals surface area contributed by atoms with Crippen LogP contribution in [-0.2, 0) is 16.9 Å². The first kappa shape index (κ1) is 14.2. The molecule has 1 atom stereocenters. The van der Waals surface area contributed by atoms with Gasteiger partial charge in [-0.05, 0) is 18.6 Å². The van der Waals surface area contributed by atoms with Crippen LogP contribution < -0.4 is 0 Å². The van der Waals surface area contributed by atoms with E-state index in [-0.39, 0.29) is 5.82 Å². The Balaban J connectivity index is 2.17. The van der Waals surface area contributed by atoms with Gasteiger partial charge < -0.3 is 4.74 Å². The number of benzene rings is 2. The van der Waals surface area contributed by atoms with Crippen LogP contribution >= 0.6 is 15.9 Å². The Morgan fingerprint density at radius 3 is 2.32 bits per heavy atom. The average molecular weight is 323 g/mol. The molecule has 0 heterocycles. The Morgan fingerprint density at radius 1 is 1.05 bits per heavy atom. The number of hydrogen-bond acceptors (Lipinski definition) is 1. The van der Waals surface area contributed by atoms with Crippen LogP contribution in [0.4, 0.5) is 4.39 Å². The lowest BCUT2D eigenvalue weighted by atomic mass is 9.97. The second kappa shape index (κ2) is 6.31. The molecule has 0 aliphatic rings. The molecule has 2 rings (SSSR count). The van der Waals surface area contributed by atoms with E-state index in [1.807, 2.05) is 43.3 Å². The minimum Gasteiger partial charge on any atom is -0.365 e. The third-order valence-electron chi connectivity index (χ3n) is 3.10. The third kappa shape index (κ3) is 3.43. The Hall–Kier alpha value is -1.19. The zero-order valence-corrected chi connectivity index (χ0v) is 12.4. The Morgan fingerprint density at radius 2 is 1.68 bits per heavy atom. The van der Waals surface area contributed by atoms with E-state index in [9.17, 15) is 4.39 Å². The molecule has 0 N–H and O–H groups in total. The molecule has 0 fully saturated rings. The molecule has 0 saturated heterocycles. The summed E-state index contributed by atoms with van der Waals surface area (Å²) in [7, 11) is 0. The fourth-order valence-corrected chi connectivity index (χ4v) is 2.36. The van der Waals surface area contributed by atoms with Crippen LogP contribution in [0, 0.1) is 5.82 Å². The van der Waals surface area contributed by atoms with E-state index in [1.165, 1.54) is 6.07 Å². The monoisotopic (exact) mass is 322 g/mol. The molecule has 1 unspecified atom stereocenters. The quantitative estimate of drug-likeness (QED) is 0.728. The summed E-state index contributed by atoms with van der Waals surface area (Å²) in [5.41, 5.74) is 0.968. The van der Waals surface area contributed by atoms with Crippen molar-refractivity contribution in [3.8, 4) is 0 Å². The number of rotatable bonds is 5. The van der Waals surface area contributed by atoms with Crippen molar-refractivity contribution in [1.29, 1.82) is 0 Å². The lowest BCUT2D eigenvalue weighted by molar-refractivity contribution is -0.0311. The Labute approximate surface area is 121 Å². The van der Waals surface area contributed by atoms with E-state index < -0.39 is 5.60 Å². The molecular weight excluding hydrogens is 307 g/mol.